The van der Waals surface area contributed by atoms with Crippen molar-refractivity contribution >= 4 is 23.5 Å². The summed E-state index contributed by atoms with van der Waals surface area (Å²) < 4.78 is 9.88. The van der Waals surface area contributed by atoms with Crippen molar-refractivity contribution in [2.24, 2.45) is 0 Å². The van der Waals surface area contributed by atoms with Gasteiger partial charge in [-0.05, 0) is 30.7 Å². The third-order valence-corrected chi connectivity index (χ3v) is 2.54. The van der Waals surface area contributed by atoms with Gasteiger partial charge in [0.05, 0.1) is 6.61 Å². The van der Waals surface area contributed by atoms with Crippen molar-refractivity contribution < 1.29 is 23.9 Å². The Labute approximate surface area is 123 Å². The van der Waals surface area contributed by atoms with E-state index in [-0.39, 0.29) is 12.5 Å². The lowest BCUT2D eigenvalue weighted by Gasteiger charge is -2.20. The number of ether oxygens (including phenoxy) is 2. The lowest BCUT2D eigenvalue weighted by atomic mass is 10.2. The average molecular weight is 293 g/mol. The molecule has 1 aromatic rings. The van der Waals surface area contributed by atoms with Gasteiger partial charge >= 0.3 is 11.9 Å². The molecule has 0 aliphatic heterocycles. The molecule has 0 bridgehead atoms. The number of carbonyl (C=O) groups is 3. The van der Waals surface area contributed by atoms with E-state index in [9.17, 15) is 14.4 Å². The second-order valence-corrected chi connectivity index (χ2v) is 4.41. The highest BCUT2D eigenvalue weighted by Gasteiger charge is 2.16. The Morgan fingerprint density at radius 1 is 1.10 bits per heavy atom. The number of rotatable bonds is 6. The third kappa shape index (κ3) is 5.64. The van der Waals surface area contributed by atoms with Gasteiger partial charge in [0.2, 0.25) is 5.91 Å². The topological polar surface area (TPSA) is 72.9 Å². The van der Waals surface area contributed by atoms with Crippen molar-refractivity contribution in [2.75, 3.05) is 18.1 Å². The summed E-state index contributed by atoms with van der Waals surface area (Å²) in [7, 11) is 0. The standard InChI is InChI=1S/C15H19NO5/c1-4-9-20-15(19)10-16(11(2)17)13-5-7-14(8-6-13)21-12(3)18/h5-8H,4,9-10H2,1-3H3. The highest BCUT2D eigenvalue weighted by molar-refractivity contribution is 5.96. The number of benzene rings is 1. The minimum atomic E-state index is -0.462. The normalized spacial score (nSPS) is 9.86. The maximum absolute atomic E-state index is 11.6. The van der Waals surface area contributed by atoms with Gasteiger partial charge in [0.25, 0.3) is 0 Å². The molecule has 6 nitrogen and oxygen atoms in total. The number of anilines is 1. The van der Waals surface area contributed by atoms with Gasteiger partial charge in [0.1, 0.15) is 12.3 Å². The quantitative estimate of drug-likeness (QED) is 0.592. The first-order chi connectivity index (χ1) is 9.93. The Morgan fingerprint density at radius 2 is 1.71 bits per heavy atom. The first-order valence-electron chi connectivity index (χ1n) is 6.66. The van der Waals surface area contributed by atoms with Gasteiger partial charge in [-0.1, -0.05) is 6.92 Å². The van der Waals surface area contributed by atoms with Gasteiger partial charge < -0.3 is 14.4 Å². The first kappa shape index (κ1) is 16.7. The zero-order chi connectivity index (χ0) is 15.8. The monoisotopic (exact) mass is 293 g/mol. The fraction of sp³-hybridized carbons (Fsp3) is 0.400. The summed E-state index contributed by atoms with van der Waals surface area (Å²) in [5.74, 6) is -0.780. The summed E-state index contributed by atoms with van der Waals surface area (Å²) >= 11 is 0. The maximum Gasteiger partial charge on any atom is 0.326 e. The van der Waals surface area contributed by atoms with E-state index < -0.39 is 11.9 Å². The molecular weight excluding hydrogens is 274 g/mol. The third-order valence-electron chi connectivity index (χ3n) is 2.54. The summed E-state index contributed by atoms with van der Waals surface area (Å²) in [6.07, 6.45) is 0.725. The fourth-order valence-corrected chi connectivity index (χ4v) is 1.64. The van der Waals surface area contributed by atoms with Crippen molar-refractivity contribution in [1.29, 1.82) is 0 Å². The van der Waals surface area contributed by atoms with Crippen molar-refractivity contribution in [1.82, 2.24) is 0 Å². The number of hydrogen-bond donors (Lipinski definition) is 0. The number of esters is 2. The van der Waals surface area contributed by atoms with Gasteiger partial charge in [-0.15, -0.1) is 0 Å². The molecule has 1 rings (SSSR count). The molecule has 0 fully saturated rings. The lowest BCUT2D eigenvalue weighted by molar-refractivity contribution is -0.142. The maximum atomic E-state index is 11.6. The van der Waals surface area contributed by atoms with Crippen LogP contribution in [-0.4, -0.2) is 31.0 Å². The van der Waals surface area contributed by atoms with Gasteiger partial charge in [-0.2, -0.15) is 0 Å². The zero-order valence-corrected chi connectivity index (χ0v) is 12.4. The van der Waals surface area contributed by atoms with Crippen LogP contribution in [0.3, 0.4) is 0 Å². The molecule has 0 heterocycles. The lowest BCUT2D eigenvalue weighted by Crippen LogP contribution is -2.34. The van der Waals surface area contributed by atoms with Crippen LogP contribution < -0.4 is 9.64 Å². The van der Waals surface area contributed by atoms with Crippen LogP contribution in [0.2, 0.25) is 0 Å². The second-order valence-electron chi connectivity index (χ2n) is 4.41. The molecular formula is C15H19NO5. The highest BCUT2D eigenvalue weighted by atomic mass is 16.5. The number of nitrogens with zero attached hydrogens (tertiary/aromatic N) is 1. The van der Waals surface area contributed by atoms with Crippen LogP contribution in [0.4, 0.5) is 5.69 Å². The minimum Gasteiger partial charge on any atom is -0.464 e. The smallest absolute Gasteiger partial charge is 0.326 e. The summed E-state index contributed by atoms with van der Waals surface area (Å²) in [5.41, 5.74) is 0.534. The van der Waals surface area contributed by atoms with E-state index in [1.165, 1.54) is 18.7 Å². The van der Waals surface area contributed by atoms with Gasteiger partial charge in [-0.3, -0.25) is 14.4 Å². The van der Waals surface area contributed by atoms with E-state index >= 15 is 0 Å². The Hall–Kier alpha value is -2.37. The van der Waals surface area contributed by atoms with E-state index in [2.05, 4.69) is 0 Å². The van der Waals surface area contributed by atoms with Crippen LogP contribution in [0.1, 0.15) is 27.2 Å². The first-order valence-corrected chi connectivity index (χ1v) is 6.66. The molecule has 114 valence electrons. The molecule has 0 N–H and O–H groups in total. The molecule has 0 atom stereocenters. The van der Waals surface area contributed by atoms with Crippen LogP contribution >= 0.6 is 0 Å². The molecule has 0 saturated carbocycles. The van der Waals surface area contributed by atoms with Crippen LogP contribution in [0, 0.1) is 0 Å². The Bertz CT molecular complexity index is 509. The van der Waals surface area contributed by atoms with Crippen LogP contribution in [-0.2, 0) is 19.1 Å². The van der Waals surface area contributed by atoms with E-state index in [4.69, 9.17) is 9.47 Å². The number of carbonyl (C=O) groups excluding carboxylic acids is 3. The summed E-state index contributed by atoms with van der Waals surface area (Å²) in [6.45, 7) is 4.74. The number of amides is 1. The minimum absolute atomic E-state index is 0.151. The Kier molecular flexibility index (Phi) is 6.39. The Balaban J connectivity index is 2.78. The Morgan fingerprint density at radius 3 is 2.19 bits per heavy atom. The summed E-state index contributed by atoms with van der Waals surface area (Å²) in [4.78, 5) is 35.4. The van der Waals surface area contributed by atoms with E-state index in [1.54, 1.807) is 24.3 Å². The van der Waals surface area contributed by atoms with Gasteiger partial charge in [0, 0.05) is 19.5 Å². The molecule has 1 amide bonds. The molecule has 0 aliphatic carbocycles. The van der Waals surface area contributed by atoms with Crippen molar-refractivity contribution in [2.45, 2.75) is 27.2 Å². The predicted molar refractivity (Wildman–Crippen MR) is 77.0 cm³/mol. The van der Waals surface area contributed by atoms with Crippen molar-refractivity contribution in [3.8, 4) is 5.75 Å². The van der Waals surface area contributed by atoms with E-state index in [1.807, 2.05) is 6.92 Å². The van der Waals surface area contributed by atoms with Gasteiger partial charge in [0.15, 0.2) is 0 Å². The van der Waals surface area contributed by atoms with Crippen LogP contribution in [0.15, 0.2) is 24.3 Å². The van der Waals surface area contributed by atoms with Crippen LogP contribution in [0.5, 0.6) is 5.75 Å². The molecule has 0 spiro atoms. The summed E-state index contributed by atoms with van der Waals surface area (Å²) in [5, 5.41) is 0. The molecule has 0 unspecified atom stereocenters. The predicted octanol–water partition coefficient (Wildman–Crippen LogP) is 1.92. The van der Waals surface area contributed by atoms with E-state index in [0.717, 1.165) is 6.42 Å². The highest BCUT2D eigenvalue weighted by Crippen LogP contribution is 2.20. The summed E-state index contributed by atoms with van der Waals surface area (Å²) in [6, 6.07) is 6.33. The van der Waals surface area contributed by atoms with Gasteiger partial charge in [-0.25, -0.2) is 0 Å². The molecule has 0 aromatic heterocycles. The molecule has 6 heteroatoms. The SMILES string of the molecule is CCCOC(=O)CN(C(C)=O)c1ccc(OC(C)=O)cc1. The molecule has 21 heavy (non-hydrogen) atoms. The molecule has 0 aliphatic rings. The van der Waals surface area contributed by atoms with E-state index in [0.29, 0.717) is 18.0 Å². The second kappa shape index (κ2) is 8.04. The largest absolute Gasteiger partial charge is 0.464 e. The van der Waals surface area contributed by atoms with Crippen molar-refractivity contribution in [3.05, 3.63) is 24.3 Å². The molecule has 1 aromatic carbocycles. The number of hydrogen-bond acceptors (Lipinski definition) is 5. The average Bonchev–Trinajstić information content (AvgIpc) is 2.42. The zero-order valence-electron chi connectivity index (χ0n) is 12.4. The fourth-order valence-electron chi connectivity index (χ4n) is 1.64. The van der Waals surface area contributed by atoms with Crippen LogP contribution in [0.25, 0.3) is 0 Å². The molecule has 0 saturated heterocycles. The molecule has 0 radical (unpaired) electrons. The van der Waals surface area contributed by atoms with Crippen molar-refractivity contribution in [3.63, 3.8) is 0 Å².